The molecular formula is C28H35F2N3O2. The Morgan fingerprint density at radius 1 is 1.11 bits per heavy atom. The first-order chi connectivity index (χ1) is 16.9. The number of piperidine rings is 1. The van der Waals surface area contributed by atoms with E-state index in [4.69, 9.17) is 4.74 Å². The number of carbonyl (C=O) groups is 1. The quantitative estimate of drug-likeness (QED) is 0.493. The zero-order valence-electron chi connectivity index (χ0n) is 20.6. The van der Waals surface area contributed by atoms with E-state index in [9.17, 15) is 13.6 Å². The molecule has 0 aromatic heterocycles. The van der Waals surface area contributed by atoms with Gasteiger partial charge in [0.05, 0.1) is 30.1 Å². The van der Waals surface area contributed by atoms with Crippen molar-refractivity contribution in [2.24, 2.45) is 4.99 Å². The molecule has 0 spiro atoms. The topological polar surface area (TPSA) is 53.9 Å². The van der Waals surface area contributed by atoms with Gasteiger partial charge < -0.3 is 10.1 Å². The molecule has 5 nitrogen and oxygen atoms in total. The molecule has 0 saturated carbocycles. The lowest BCUT2D eigenvalue weighted by Gasteiger charge is -2.50. The highest BCUT2D eigenvalue weighted by atomic mass is 19.1. The Hall–Kier alpha value is -2.64. The number of carbonyl (C=O) groups excluding carboxylic acids is 1. The number of hydrogen-bond acceptors (Lipinski definition) is 4. The zero-order chi connectivity index (χ0) is 24.9. The highest BCUT2D eigenvalue weighted by molar-refractivity contribution is 5.95. The second kappa shape index (κ2) is 11.0. The smallest absolute Gasteiger partial charge is 0.249 e. The molecule has 188 valence electrons. The van der Waals surface area contributed by atoms with Crippen molar-refractivity contribution in [2.45, 2.75) is 70.1 Å². The van der Waals surface area contributed by atoms with Crippen LogP contribution in [0.3, 0.4) is 0 Å². The lowest BCUT2D eigenvalue weighted by molar-refractivity contribution is -0.130. The van der Waals surface area contributed by atoms with Gasteiger partial charge in [-0.25, -0.2) is 8.78 Å². The summed E-state index contributed by atoms with van der Waals surface area (Å²) in [6.45, 7) is 4.03. The predicted molar refractivity (Wildman–Crippen MR) is 134 cm³/mol. The maximum atomic E-state index is 13.3. The van der Waals surface area contributed by atoms with E-state index in [0.717, 1.165) is 36.8 Å². The van der Waals surface area contributed by atoms with Gasteiger partial charge in [-0.2, -0.15) is 0 Å². The van der Waals surface area contributed by atoms with E-state index in [0.29, 0.717) is 24.3 Å². The Morgan fingerprint density at radius 2 is 1.83 bits per heavy atom. The van der Waals surface area contributed by atoms with Gasteiger partial charge >= 0.3 is 0 Å². The van der Waals surface area contributed by atoms with E-state index in [2.05, 4.69) is 29.4 Å². The lowest BCUT2D eigenvalue weighted by atomic mass is 9.74. The number of alkyl halides is 2. The second-order valence-corrected chi connectivity index (χ2v) is 9.80. The van der Waals surface area contributed by atoms with Gasteiger partial charge in [0.1, 0.15) is 19.9 Å². The number of aliphatic imine (C=N–C) groups is 1. The van der Waals surface area contributed by atoms with Crippen molar-refractivity contribution in [3.63, 3.8) is 0 Å². The number of halogens is 2. The summed E-state index contributed by atoms with van der Waals surface area (Å²) in [5.41, 5.74) is 2.07. The molecule has 0 unspecified atom stereocenters. The minimum absolute atomic E-state index is 0.0498. The van der Waals surface area contributed by atoms with Crippen LogP contribution in [0.4, 0.5) is 8.78 Å². The standard InChI is InChI=1S/C28H35F2N3O2/c1-3-9-27(33-20-31-17-26(33)34)10-11-28(32-18-27,25-7-5-4-6-8-25)19-35-21(2)24-13-22(15-29)12-23(14-24)16-30/h4-8,12-14,20-21,32H,3,9-11,15-19H2,1-2H3/t21-,27+,28-/m1/s1. The van der Waals surface area contributed by atoms with E-state index in [-0.39, 0.29) is 24.1 Å². The van der Waals surface area contributed by atoms with Crippen LogP contribution in [0, 0.1) is 0 Å². The minimum atomic E-state index is -0.638. The van der Waals surface area contributed by atoms with Crippen molar-refractivity contribution >= 4 is 12.2 Å². The summed E-state index contributed by atoms with van der Waals surface area (Å²) in [5.74, 6) is 0.0498. The SMILES string of the molecule is CCC[C@]1(N2C=NCC2=O)CC[C@@](CO[C@H](C)c2cc(CF)cc(CF)c2)(c2ccccc2)NC1. The van der Waals surface area contributed by atoms with Gasteiger partial charge in [-0.1, -0.05) is 61.9 Å². The molecule has 7 heteroatoms. The normalized spacial score (nSPS) is 25.3. The fourth-order valence-corrected chi connectivity index (χ4v) is 5.44. The molecule has 2 aliphatic rings. The largest absolute Gasteiger partial charge is 0.372 e. The van der Waals surface area contributed by atoms with Crippen LogP contribution in [0.15, 0.2) is 53.5 Å². The molecule has 4 rings (SSSR count). The van der Waals surface area contributed by atoms with E-state index in [1.54, 1.807) is 24.5 Å². The summed E-state index contributed by atoms with van der Waals surface area (Å²) < 4.78 is 33.0. The molecule has 0 bridgehead atoms. The number of rotatable bonds is 10. The van der Waals surface area contributed by atoms with Gasteiger partial charge in [-0.05, 0) is 48.4 Å². The highest BCUT2D eigenvalue weighted by Gasteiger charge is 2.48. The van der Waals surface area contributed by atoms with Crippen LogP contribution < -0.4 is 5.32 Å². The summed E-state index contributed by atoms with van der Waals surface area (Å²) in [4.78, 5) is 18.6. The zero-order valence-corrected chi connectivity index (χ0v) is 20.6. The summed E-state index contributed by atoms with van der Waals surface area (Å²) >= 11 is 0. The number of benzene rings is 2. The van der Waals surface area contributed by atoms with Crippen LogP contribution in [0.2, 0.25) is 0 Å². The average Bonchev–Trinajstić information content (AvgIpc) is 3.35. The lowest BCUT2D eigenvalue weighted by Crippen LogP contribution is -2.64. The molecule has 2 aromatic carbocycles. The van der Waals surface area contributed by atoms with Gasteiger partial charge in [-0.15, -0.1) is 0 Å². The summed E-state index contributed by atoms with van der Waals surface area (Å²) in [6.07, 6.45) is 4.83. The number of hydrogen-bond donors (Lipinski definition) is 1. The third-order valence-electron chi connectivity index (χ3n) is 7.45. The maximum Gasteiger partial charge on any atom is 0.249 e. The van der Waals surface area contributed by atoms with Gasteiger partial charge in [-0.3, -0.25) is 14.7 Å². The molecule has 2 aliphatic heterocycles. The Labute approximate surface area is 206 Å². The molecule has 1 N–H and O–H groups in total. The molecule has 1 saturated heterocycles. The number of ether oxygens (including phenoxy) is 1. The monoisotopic (exact) mass is 483 g/mol. The fraction of sp³-hybridized carbons (Fsp3) is 0.500. The Balaban J connectivity index is 1.56. The summed E-state index contributed by atoms with van der Waals surface area (Å²) in [7, 11) is 0. The molecule has 3 atom stereocenters. The van der Waals surface area contributed by atoms with Gasteiger partial charge in [0.15, 0.2) is 0 Å². The highest BCUT2D eigenvalue weighted by Crippen LogP contribution is 2.40. The van der Waals surface area contributed by atoms with Crippen molar-refractivity contribution < 1.29 is 18.3 Å². The van der Waals surface area contributed by atoms with Crippen molar-refractivity contribution in [1.82, 2.24) is 10.2 Å². The first-order valence-electron chi connectivity index (χ1n) is 12.4. The van der Waals surface area contributed by atoms with Crippen LogP contribution in [-0.4, -0.2) is 42.4 Å². The van der Waals surface area contributed by atoms with Crippen molar-refractivity contribution in [3.05, 3.63) is 70.8 Å². The fourth-order valence-electron chi connectivity index (χ4n) is 5.44. The van der Waals surface area contributed by atoms with Crippen LogP contribution in [0.5, 0.6) is 0 Å². The first-order valence-corrected chi connectivity index (χ1v) is 12.4. The van der Waals surface area contributed by atoms with Crippen LogP contribution in [0.1, 0.15) is 67.9 Å². The predicted octanol–water partition coefficient (Wildman–Crippen LogP) is 5.39. The van der Waals surface area contributed by atoms with Crippen molar-refractivity contribution in [1.29, 1.82) is 0 Å². The molecule has 1 fully saturated rings. The average molecular weight is 484 g/mol. The molecule has 0 radical (unpaired) electrons. The second-order valence-electron chi connectivity index (χ2n) is 9.80. The first kappa shape index (κ1) is 25.5. The van der Waals surface area contributed by atoms with Crippen LogP contribution >= 0.6 is 0 Å². The van der Waals surface area contributed by atoms with Crippen molar-refractivity contribution in [3.8, 4) is 0 Å². The molecule has 35 heavy (non-hydrogen) atoms. The van der Waals surface area contributed by atoms with Gasteiger partial charge in [0, 0.05) is 6.54 Å². The minimum Gasteiger partial charge on any atom is -0.372 e. The number of nitrogens with zero attached hydrogens (tertiary/aromatic N) is 2. The van der Waals surface area contributed by atoms with Crippen LogP contribution in [-0.2, 0) is 28.4 Å². The molecular weight excluding hydrogens is 448 g/mol. The third-order valence-corrected chi connectivity index (χ3v) is 7.45. The molecule has 1 amide bonds. The number of nitrogens with one attached hydrogen (secondary N) is 1. The van der Waals surface area contributed by atoms with E-state index >= 15 is 0 Å². The molecule has 2 aromatic rings. The molecule has 2 heterocycles. The van der Waals surface area contributed by atoms with Gasteiger partial charge in [0.25, 0.3) is 0 Å². The Kier molecular flexibility index (Phi) is 7.97. The third kappa shape index (κ3) is 5.31. The summed E-state index contributed by atoms with van der Waals surface area (Å²) in [5, 5.41) is 3.77. The number of amides is 1. The maximum absolute atomic E-state index is 13.3. The van der Waals surface area contributed by atoms with Crippen molar-refractivity contribution in [2.75, 3.05) is 19.7 Å². The Bertz CT molecular complexity index is 1010. The van der Waals surface area contributed by atoms with E-state index in [1.807, 2.05) is 30.0 Å². The van der Waals surface area contributed by atoms with E-state index in [1.165, 1.54) is 0 Å². The van der Waals surface area contributed by atoms with E-state index < -0.39 is 18.9 Å². The van der Waals surface area contributed by atoms with Gasteiger partial charge in [0.2, 0.25) is 5.91 Å². The Morgan fingerprint density at radius 3 is 2.37 bits per heavy atom. The molecule has 0 aliphatic carbocycles. The summed E-state index contributed by atoms with van der Waals surface area (Å²) in [6, 6.07) is 15.3. The van der Waals surface area contributed by atoms with Crippen LogP contribution in [0.25, 0.3) is 0 Å².